The van der Waals surface area contributed by atoms with Crippen molar-refractivity contribution in [3.63, 3.8) is 0 Å². The van der Waals surface area contributed by atoms with Gasteiger partial charge in [-0.2, -0.15) is 0 Å². The molecule has 0 spiro atoms. The van der Waals surface area contributed by atoms with E-state index in [2.05, 4.69) is 119 Å². The van der Waals surface area contributed by atoms with Gasteiger partial charge in [0.1, 0.15) is 0 Å². The van der Waals surface area contributed by atoms with Crippen molar-refractivity contribution in [2.24, 2.45) is 0 Å². The second-order valence-corrected chi connectivity index (χ2v) is 9.17. The fourth-order valence-electron chi connectivity index (χ4n) is 3.61. The topological polar surface area (TPSA) is 0 Å². The van der Waals surface area contributed by atoms with Crippen LogP contribution in [0.25, 0.3) is 21.5 Å². The molecule has 0 aliphatic heterocycles. The molecule has 0 aromatic heterocycles. The third-order valence-corrected chi connectivity index (χ3v) is 4.98. The van der Waals surface area contributed by atoms with Gasteiger partial charge in [-0.15, -0.1) is 93.3 Å². The van der Waals surface area contributed by atoms with Crippen molar-refractivity contribution in [2.45, 2.75) is 52.4 Å². The quantitative estimate of drug-likeness (QED) is 0.208. The zero-order valence-electron chi connectivity index (χ0n) is 18.1. The molecule has 0 aliphatic carbocycles. The Hall–Kier alpha value is -1.76. The van der Waals surface area contributed by atoms with Crippen molar-refractivity contribution in [3.8, 4) is 0 Å². The zero-order chi connectivity index (χ0) is 20.9. The van der Waals surface area contributed by atoms with Crippen LogP contribution in [-0.4, -0.2) is 4.82 Å². The third-order valence-electron chi connectivity index (χ3n) is 4.98. The molecule has 144 valence electrons. The van der Waals surface area contributed by atoms with E-state index in [0.29, 0.717) is 0 Å². The molecule has 1 heteroatoms. The van der Waals surface area contributed by atoms with Gasteiger partial charge >= 0.3 is 24.8 Å². The van der Waals surface area contributed by atoms with Crippen molar-refractivity contribution >= 4 is 26.4 Å². The van der Waals surface area contributed by atoms with E-state index in [4.69, 9.17) is 0 Å². The maximum absolute atomic E-state index is 3.25. The summed E-state index contributed by atoms with van der Waals surface area (Å²) < 4.78 is 0. The molecule has 0 aliphatic rings. The monoisotopic (exact) mass is 404 g/mol. The summed E-state index contributed by atoms with van der Waals surface area (Å²) in [4.78, 5) is 3.25. The van der Waals surface area contributed by atoms with Crippen LogP contribution >= 0.6 is 0 Å². The molecule has 0 saturated carbocycles. The Balaban J connectivity index is 0.000000184. The average Bonchev–Trinajstić information content (AvgIpc) is 3.27. The number of fused-ring (bicyclic) bond motifs is 2. The van der Waals surface area contributed by atoms with Crippen molar-refractivity contribution < 1.29 is 20.0 Å². The van der Waals surface area contributed by atoms with Crippen LogP contribution in [0, 0.1) is 0 Å². The zero-order valence-corrected chi connectivity index (χ0v) is 19.7. The van der Waals surface area contributed by atoms with E-state index in [-0.39, 0.29) is 10.8 Å². The number of hydrogen-bond donors (Lipinski definition) is 0. The summed E-state index contributed by atoms with van der Waals surface area (Å²) in [5.41, 5.74) is 3.40. The first kappa shape index (κ1) is 22.5. The fraction of sp³-hybridized carbons (Fsp3) is 0.296. The van der Waals surface area contributed by atoms with Gasteiger partial charge in [-0.25, -0.2) is 0 Å². The van der Waals surface area contributed by atoms with E-state index in [1.165, 1.54) is 32.7 Å². The second kappa shape index (κ2) is 9.16. The second-order valence-electron chi connectivity index (χ2n) is 9.17. The molecule has 28 heavy (non-hydrogen) atoms. The van der Waals surface area contributed by atoms with E-state index in [0.717, 1.165) is 0 Å². The molecule has 0 heterocycles. The molecule has 4 aromatic carbocycles. The van der Waals surface area contributed by atoms with Crippen LogP contribution in [0.5, 0.6) is 0 Å². The maximum atomic E-state index is 3.25. The van der Waals surface area contributed by atoms with Gasteiger partial charge < -0.3 is 0 Å². The third kappa shape index (κ3) is 5.19. The summed E-state index contributed by atoms with van der Waals surface area (Å²) in [5.74, 6) is 0. The SMILES string of the molecule is CC(C)(C)c1c[cH-]c2ccccc12.CC(C)(C)c1c[cH-]c2ccccc12.[CH2]=[Ti+2]. The first-order chi connectivity index (χ1) is 13.2. The number of rotatable bonds is 0. The Morgan fingerprint density at radius 3 is 1.25 bits per heavy atom. The Kier molecular flexibility index (Phi) is 7.37. The Labute approximate surface area is 182 Å². The van der Waals surface area contributed by atoms with Gasteiger partial charge in [-0.3, -0.25) is 0 Å². The molecule has 0 atom stereocenters. The van der Waals surface area contributed by atoms with Gasteiger partial charge in [-0.05, 0) is 0 Å². The molecule has 0 saturated heterocycles. The van der Waals surface area contributed by atoms with E-state index < -0.39 is 0 Å². The molecule has 4 rings (SSSR count). The molecule has 0 radical (unpaired) electrons. The number of benzene rings is 2. The fourth-order valence-corrected chi connectivity index (χ4v) is 3.61. The van der Waals surface area contributed by atoms with E-state index in [1.807, 2.05) is 0 Å². The Bertz CT molecular complexity index is 931. The van der Waals surface area contributed by atoms with Crippen LogP contribution in [0.4, 0.5) is 0 Å². The van der Waals surface area contributed by atoms with Crippen molar-refractivity contribution in [3.05, 3.63) is 83.9 Å². The first-order valence-corrected chi connectivity index (χ1v) is 10.9. The van der Waals surface area contributed by atoms with Gasteiger partial charge in [0.15, 0.2) is 0 Å². The van der Waals surface area contributed by atoms with Gasteiger partial charge in [0.25, 0.3) is 0 Å². The molecule has 0 bridgehead atoms. The summed E-state index contributed by atoms with van der Waals surface area (Å²) in [6.45, 7) is 13.6. The van der Waals surface area contributed by atoms with E-state index in [9.17, 15) is 0 Å². The van der Waals surface area contributed by atoms with E-state index >= 15 is 0 Å². The molecule has 0 unspecified atom stereocenters. The predicted molar refractivity (Wildman–Crippen MR) is 124 cm³/mol. The van der Waals surface area contributed by atoms with Gasteiger partial charge in [0, 0.05) is 0 Å². The minimum absolute atomic E-state index is 0.253. The molecule has 4 aromatic rings. The van der Waals surface area contributed by atoms with Gasteiger partial charge in [-0.1, -0.05) is 64.5 Å². The molecule has 0 fully saturated rings. The van der Waals surface area contributed by atoms with Crippen LogP contribution < -0.4 is 0 Å². The average molecular weight is 404 g/mol. The first-order valence-electron chi connectivity index (χ1n) is 9.83. The summed E-state index contributed by atoms with van der Waals surface area (Å²) >= 11 is 1.75. The minimum atomic E-state index is 0.253. The van der Waals surface area contributed by atoms with Crippen molar-refractivity contribution in [1.29, 1.82) is 0 Å². The summed E-state index contributed by atoms with van der Waals surface area (Å²) in [6, 6.07) is 26.0. The summed E-state index contributed by atoms with van der Waals surface area (Å²) in [7, 11) is 0. The number of hydrogen-bond acceptors (Lipinski definition) is 0. The standard InChI is InChI=1S/2C13H15.CH2.Ti/c2*1-13(2,3)12-9-8-10-6-4-5-7-11(10)12;;/h2*4-9H,1-3H3;1H2;/q2*-1;;+2. The van der Waals surface area contributed by atoms with Crippen LogP contribution in [-0.2, 0) is 30.8 Å². The normalized spacial score (nSPS) is 11.6. The molecule has 0 N–H and O–H groups in total. The van der Waals surface area contributed by atoms with E-state index in [1.54, 1.807) is 20.0 Å². The predicted octanol–water partition coefficient (Wildman–Crippen LogP) is 7.68. The molecule has 0 nitrogen and oxygen atoms in total. The Morgan fingerprint density at radius 2 is 0.929 bits per heavy atom. The van der Waals surface area contributed by atoms with Crippen LogP contribution in [0.3, 0.4) is 0 Å². The van der Waals surface area contributed by atoms with Gasteiger partial charge in [0.2, 0.25) is 0 Å². The van der Waals surface area contributed by atoms with Gasteiger partial charge in [0.05, 0.1) is 0 Å². The van der Waals surface area contributed by atoms with Crippen molar-refractivity contribution in [1.82, 2.24) is 0 Å². The molecular formula is C27H32Ti. The van der Waals surface area contributed by atoms with Crippen molar-refractivity contribution in [2.75, 3.05) is 0 Å². The van der Waals surface area contributed by atoms with Crippen LogP contribution in [0.1, 0.15) is 52.7 Å². The Morgan fingerprint density at radius 1 is 0.607 bits per heavy atom. The van der Waals surface area contributed by atoms with Crippen LogP contribution in [0.15, 0.2) is 72.8 Å². The summed E-state index contributed by atoms with van der Waals surface area (Å²) in [5, 5.41) is 5.50. The molecular weight excluding hydrogens is 372 g/mol. The van der Waals surface area contributed by atoms with Crippen LogP contribution in [0.2, 0.25) is 0 Å². The molecule has 0 amide bonds. The summed E-state index contributed by atoms with van der Waals surface area (Å²) in [6.07, 6.45) is 0.